The predicted octanol–water partition coefficient (Wildman–Crippen LogP) is 9.71. The van der Waals surface area contributed by atoms with E-state index in [1.54, 1.807) is 30.3 Å². The number of fused-ring (bicyclic) bond motifs is 4. The summed E-state index contributed by atoms with van der Waals surface area (Å²) in [6, 6.07) is 14.2. The van der Waals surface area contributed by atoms with Crippen molar-refractivity contribution in [3.63, 3.8) is 0 Å². The molecule has 2 saturated heterocycles. The highest BCUT2D eigenvalue weighted by Crippen LogP contribution is 2.65. The smallest absolute Gasteiger partial charge is 0.416 e. The molecule has 2 aliphatic heterocycles. The molecule has 0 bridgehead atoms. The highest BCUT2D eigenvalue weighted by atomic mass is 79.9. The number of methoxy groups -OCH3 is 2. The maximum atomic E-state index is 15.5. The van der Waals surface area contributed by atoms with Crippen molar-refractivity contribution >= 4 is 74.1 Å². The van der Waals surface area contributed by atoms with E-state index in [1.165, 1.54) is 44.6 Å². The molecule has 6 atom stereocenters. The van der Waals surface area contributed by atoms with Crippen molar-refractivity contribution in [1.29, 1.82) is 0 Å². The number of imide groups is 2. The summed E-state index contributed by atoms with van der Waals surface area (Å²) in [7, 11) is 2.73. The van der Waals surface area contributed by atoms with E-state index in [9.17, 15) is 45.8 Å². The predicted molar refractivity (Wildman–Crippen MR) is 212 cm³/mol. The highest BCUT2D eigenvalue weighted by Gasteiger charge is 2.70. The van der Waals surface area contributed by atoms with Gasteiger partial charge in [0.2, 0.25) is 11.8 Å². The van der Waals surface area contributed by atoms with Crippen LogP contribution in [0.4, 0.5) is 37.7 Å². The minimum absolute atomic E-state index is 0.0368. The number of amides is 4. The van der Waals surface area contributed by atoms with E-state index in [4.69, 9.17) is 32.7 Å². The van der Waals surface area contributed by atoms with Gasteiger partial charge >= 0.3 is 12.4 Å². The van der Waals surface area contributed by atoms with E-state index < -0.39 is 87.8 Å². The van der Waals surface area contributed by atoms with Gasteiger partial charge in [0, 0.05) is 10.9 Å². The Balaban J connectivity index is 1.34. The normalized spacial score (nSPS) is 25.0. The third kappa shape index (κ3) is 6.70. The van der Waals surface area contributed by atoms with Gasteiger partial charge in [-0.05, 0) is 106 Å². The van der Waals surface area contributed by atoms with Gasteiger partial charge in [0.05, 0.1) is 69.4 Å². The third-order valence-electron chi connectivity index (χ3n) is 12.0. The number of anilines is 2. The van der Waals surface area contributed by atoms with E-state index in [1.807, 2.05) is 0 Å². The molecule has 19 heteroatoms. The van der Waals surface area contributed by atoms with Crippen molar-refractivity contribution < 1.29 is 60.1 Å². The number of nitrogens with one attached hydrogen (secondary N) is 1. The first kappa shape index (κ1) is 42.4. The average molecular weight is 954 g/mol. The maximum absolute atomic E-state index is 15.5. The molecule has 318 valence electrons. The van der Waals surface area contributed by atoms with Crippen molar-refractivity contribution in [2.45, 2.75) is 36.5 Å². The second-order valence-corrected chi connectivity index (χ2v) is 16.7. The molecule has 4 aromatic rings. The molecule has 0 unspecified atom stereocenters. The quantitative estimate of drug-likeness (QED) is 0.107. The number of allylic oxidation sites excluding steroid dienone is 2. The number of nitrogens with zero attached hydrogens (tertiary/aromatic N) is 2. The number of hydrogen-bond donors (Lipinski definition) is 2. The van der Waals surface area contributed by atoms with Crippen LogP contribution in [0.2, 0.25) is 10.0 Å². The first-order chi connectivity index (χ1) is 28.7. The van der Waals surface area contributed by atoms with Crippen LogP contribution in [-0.4, -0.2) is 48.0 Å². The fourth-order valence-electron chi connectivity index (χ4n) is 9.46. The summed E-state index contributed by atoms with van der Waals surface area (Å²) in [6.07, 6.45) is -9.38. The van der Waals surface area contributed by atoms with Gasteiger partial charge in [-0.3, -0.25) is 24.6 Å². The molecule has 2 aliphatic carbocycles. The Labute approximate surface area is 361 Å². The fraction of sp³-hybridized carbons (Fsp3) is 0.286. The summed E-state index contributed by atoms with van der Waals surface area (Å²) in [4.78, 5) is 59.6. The summed E-state index contributed by atoms with van der Waals surface area (Å²) >= 11 is 16.0. The van der Waals surface area contributed by atoms with Gasteiger partial charge in [0.15, 0.2) is 11.5 Å². The van der Waals surface area contributed by atoms with Gasteiger partial charge < -0.3 is 14.6 Å². The first-order valence-electron chi connectivity index (χ1n) is 18.4. The van der Waals surface area contributed by atoms with Crippen molar-refractivity contribution in [2.24, 2.45) is 23.7 Å². The van der Waals surface area contributed by atoms with Gasteiger partial charge in [-0.15, -0.1) is 0 Å². The Bertz CT molecular complexity index is 2540. The molecular weight excluding hydrogens is 923 g/mol. The fourth-order valence-corrected chi connectivity index (χ4v) is 10.4. The second-order valence-electron chi connectivity index (χ2n) is 15.0. The number of phenols is 1. The molecule has 0 radical (unpaired) electrons. The molecule has 1 saturated carbocycles. The number of hydrazine groups is 1. The van der Waals surface area contributed by atoms with E-state index in [2.05, 4.69) is 21.4 Å². The monoisotopic (exact) mass is 951 g/mol. The summed E-state index contributed by atoms with van der Waals surface area (Å²) in [5, 5.41) is 12.0. The van der Waals surface area contributed by atoms with E-state index in [0.29, 0.717) is 39.5 Å². The lowest BCUT2D eigenvalue weighted by molar-refractivity contribution is -0.143. The molecule has 8 rings (SSSR count). The number of carbonyl (C=O) groups is 4. The number of ether oxygens (including phenoxy) is 2. The molecule has 4 amide bonds. The van der Waals surface area contributed by atoms with Gasteiger partial charge in [-0.25, -0.2) is 4.90 Å². The number of halogens is 9. The molecule has 2 heterocycles. The van der Waals surface area contributed by atoms with Crippen molar-refractivity contribution in [2.75, 3.05) is 24.5 Å². The van der Waals surface area contributed by atoms with Crippen LogP contribution in [0.3, 0.4) is 0 Å². The molecule has 0 aromatic heterocycles. The minimum atomic E-state index is -5.27. The van der Waals surface area contributed by atoms with Gasteiger partial charge in [-0.2, -0.15) is 31.4 Å². The Kier molecular flexibility index (Phi) is 10.4. The van der Waals surface area contributed by atoms with E-state index in [-0.39, 0.29) is 50.6 Å². The Hall–Kier alpha value is -5.26. The number of hydrogen-bond acceptors (Lipinski definition) is 8. The standard InChI is InChI=1S/C42H30BrCl2F6N3O7/c1-60-24-6-3-19(4-7-24)40-28(37(57)54(39(40)59)52-31-10-5-22(44)16-30(31)45)17-27-25(34(40)18-11-29(43)35(55)32(12-18)61-2)8-9-26-33(27)38(58)53(36(26)56)23-14-20(41(46,47)48)13-21(15-23)42(49,50)51/h3-8,10-16,26-28,33-34,52,55H,9,17H2,1-2H3/t26-,27+,28-,33-,34-,40+/m0/s1. The minimum Gasteiger partial charge on any atom is -0.503 e. The lowest BCUT2D eigenvalue weighted by atomic mass is 9.49. The number of benzene rings is 4. The molecule has 0 spiro atoms. The topological polar surface area (TPSA) is 125 Å². The van der Waals surface area contributed by atoms with Gasteiger partial charge in [-0.1, -0.05) is 47.0 Å². The largest absolute Gasteiger partial charge is 0.503 e. The third-order valence-corrected chi connectivity index (χ3v) is 13.2. The SMILES string of the molecule is COc1ccc([C@@]23C(=O)N(Nc4ccc(Cl)cc4Cl)C(=O)[C@@H]2C[C@@H]2C(=CC[C@@H]4C(=O)N(c5cc(C(F)(F)F)cc(C(F)(F)F)c5)C(=O)[C@@H]42)[C@@H]3c2cc(Br)c(O)c(OC)c2)cc1. The van der Waals surface area contributed by atoms with Crippen LogP contribution in [-0.2, 0) is 36.9 Å². The number of alkyl halides is 6. The Morgan fingerprint density at radius 3 is 2.07 bits per heavy atom. The van der Waals surface area contributed by atoms with Gasteiger partial charge in [0.25, 0.3) is 11.8 Å². The number of phenolic OH excluding ortho intramolecular Hbond substituents is 1. The van der Waals surface area contributed by atoms with Crippen LogP contribution in [0.1, 0.15) is 41.0 Å². The molecule has 3 fully saturated rings. The van der Waals surface area contributed by atoms with E-state index in [0.717, 1.165) is 5.01 Å². The molecule has 4 aliphatic rings. The lowest BCUT2D eigenvalue weighted by Crippen LogP contribution is -2.53. The van der Waals surface area contributed by atoms with Crippen LogP contribution < -0.4 is 19.8 Å². The molecule has 4 aromatic carbocycles. The Morgan fingerprint density at radius 2 is 1.48 bits per heavy atom. The van der Waals surface area contributed by atoms with Crippen LogP contribution in [0.25, 0.3) is 0 Å². The highest BCUT2D eigenvalue weighted by molar-refractivity contribution is 9.10. The average Bonchev–Trinajstić information content (AvgIpc) is 3.59. The maximum Gasteiger partial charge on any atom is 0.416 e. The summed E-state index contributed by atoms with van der Waals surface area (Å²) in [6.45, 7) is 0. The van der Waals surface area contributed by atoms with E-state index >= 15 is 4.79 Å². The molecular formula is C42H30BrCl2F6N3O7. The second kappa shape index (κ2) is 15.0. The van der Waals surface area contributed by atoms with Gasteiger partial charge in [0.1, 0.15) is 5.75 Å². The van der Waals surface area contributed by atoms with Crippen LogP contribution in [0.15, 0.2) is 88.9 Å². The zero-order valence-electron chi connectivity index (χ0n) is 31.5. The zero-order chi connectivity index (χ0) is 44.1. The van der Waals surface area contributed by atoms with Crippen LogP contribution in [0, 0.1) is 23.7 Å². The summed E-state index contributed by atoms with van der Waals surface area (Å²) < 4.78 is 94.9. The summed E-state index contributed by atoms with van der Waals surface area (Å²) in [5.74, 6) is -9.77. The molecule has 2 N–H and O–H groups in total. The van der Waals surface area contributed by atoms with Crippen LogP contribution in [0.5, 0.6) is 17.2 Å². The Morgan fingerprint density at radius 1 is 0.820 bits per heavy atom. The number of rotatable bonds is 7. The van der Waals surface area contributed by atoms with Crippen LogP contribution >= 0.6 is 39.1 Å². The lowest BCUT2D eigenvalue weighted by Gasteiger charge is -2.50. The first-order valence-corrected chi connectivity index (χ1v) is 20.0. The zero-order valence-corrected chi connectivity index (χ0v) is 34.6. The van der Waals surface area contributed by atoms with Crippen molar-refractivity contribution in [3.8, 4) is 17.2 Å². The molecule has 10 nitrogen and oxygen atoms in total. The number of carbonyl (C=O) groups excluding carboxylic acids is 4. The molecule has 61 heavy (non-hydrogen) atoms. The van der Waals surface area contributed by atoms with Crippen molar-refractivity contribution in [3.05, 3.63) is 121 Å². The summed E-state index contributed by atoms with van der Waals surface area (Å²) in [5.41, 5.74) is -2.19. The van der Waals surface area contributed by atoms with Crippen molar-refractivity contribution in [1.82, 2.24) is 5.01 Å². The number of aromatic hydroxyl groups is 1.